The fourth-order valence-electron chi connectivity index (χ4n) is 2.52. The Kier molecular flexibility index (Phi) is 7.87. The lowest BCUT2D eigenvalue weighted by molar-refractivity contribution is -0.00655. The third-order valence-electron chi connectivity index (χ3n) is 3.69. The third-order valence-corrected chi connectivity index (χ3v) is 3.69. The lowest BCUT2D eigenvalue weighted by Gasteiger charge is -2.28. The van der Waals surface area contributed by atoms with Crippen LogP contribution in [-0.4, -0.2) is 26.3 Å². The van der Waals surface area contributed by atoms with Crippen LogP contribution in [0.1, 0.15) is 58.3 Å². The van der Waals surface area contributed by atoms with Crippen LogP contribution in [0.4, 0.5) is 0 Å². The Morgan fingerprint density at radius 3 is 2.56 bits per heavy atom. The molecule has 1 aliphatic rings. The normalized spacial score (nSPS) is 25.9. The van der Waals surface area contributed by atoms with E-state index in [-0.39, 0.29) is 0 Å². The maximum atomic E-state index is 5.99. The van der Waals surface area contributed by atoms with Gasteiger partial charge in [-0.3, -0.25) is 0 Å². The van der Waals surface area contributed by atoms with Crippen molar-refractivity contribution < 1.29 is 4.74 Å². The average Bonchev–Trinajstić information content (AvgIpc) is 2.30. The van der Waals surface area contributed by atoms with Crippen molar-refractivity contribution in [3.8, 4) is 0 Å². The van der Waals surface area contributed by atoms with Gasteiger partial charge in [0.25, 0.3) is 0 Å². The van der Waals surface area contributed by atoms with Gasteiger partial charge in [-0.1, -0.05) is 32.6 Å². The zero-order chi connectivity index (χ0) is 11.6. The first-order valence-electron chi connectivity index (χ1n) is 7.11. The molecular weight excluding hydrogens is 198 g/mol. The highest BCUT2D eigenvalue weighted by atomic mass is 16.5. The molecule has 1 N–H and O–H groups in total. The van der Waals surface area contributed by atoms with E-state index in [4.69, 9.17) is 4.74 Å². The van der Waals surface area contributed by atoms with Crippen molar-refractivity contribution >= 4 is 0 Å². The van der Waals surface area contributed by atoms with Gasteiger partial charge in [0.15, 0.2) is 0 Å². The second kappa shape index (κ2) is 9.00. The Morgan fingerprint density at radius 2 is 1.81 bits per heavy atom. The summed E-state index contributed by atoms with van der Waals surface area (Å²) in [5, 5.41) is 3.18. The number of hydrogen-bond donors (Lipinski definition) is 1. The van der Waals surface area contributed by atoms with Gasteiger partial charge < -0.3 is 10.1 Å². The summed E-state index contributed by atoms with van der Waals surface area (Å²) in [5.74, 6) is 0.790. The van der Waals surface area contributed by atoms with Crippen molar-refractivity contribution in [3.63, 3.8) is 0 Å². The molecule has 1 aliphatic carbocycles. The highest BCUT2D eigenvalue weighted by molar-refractivity contribution is 4.72. The highest BCUT2D eigenvalue weighted by Gasteiger charge is 2.21. The van der Waals surface area contributed by atoms with E-state index in [2.05, 4.69) is 12.2 Å². The predicted octanol–water partition coefficient (Wildman–Crippen LogP) is 3.36. The molecule has 16 heavy (non-hydrogen) atoms. The van der Waals surface area contributed by atoms with Gasteiger partial charge in [-0.15, -0.1) is 0 Å². The van der Waals surface area contributed by atoms with Gasteiger partial charge in [0.2, 0.25) is 0 Å². The van der Waals surface area contributed by atoms with E-state index in [1.54, 1.807) is 0 Å². The smallest absolute Gasteiger partial charge is 0.0600 e. The monoisotopic (exact) mass is 227 g/mol. The zero-order valence-corrected chi connectivity index (χ0v) is 11.1. The predicted molar refractivity (Wildman–Crippen MR) is 69.8 cm³/mol. The summed E-state index contributed by atoms with van der Waals surface area (Å²) >= 11 is 0. The van der Waals surface area contributed by atoms with Gasteiger partial charge in [-0.2, -0.15) is 0 Å². The van der Waals surface area contributed by atoms with Crippen LogP contribution in [0.25, 0.3) is 0 Å². The molecule has 96 valence electrons. The summed E-state index contributed by atoms with van der Waals surface area (Å²) in [6, 6.07) is 0. The SMILES string of the molecule is CNCCCCCCOC1CCCCC1C. The molecular formula is C14H29NO. The summed E-state index contributed by atoms with van der Waals surface area (Å²) in [6.45, 7) is 4.48. The van der Waals surface area contributed by atoms with Crippen molar-refractivity contribution in [2.24, 2.45) is 5.92 Å². The number of ether oxygens (including phenoxy) is 1. The summed E-state index contributed by atoms with van der Waals surface area (Å²) in [6.07, 6.45) is 11.2. The Labute approximate surface area is 101 Å². The third kappa shape index (κ3) is 5.86. The number of nitrogens with one attached hydrogen (secondary N) is 1. The molecule has 2 unspecified atom stereocenters. The van der Waals surface area contributed by atoms with Crippen LogP contribution in [0.2, 0.25) is 0 Å². The van der Waals surface area contributed by atoms with Gasteiger partial charge in [0.1, 0.15) is 0 Å². The van der Waals surface area contributed by atoms with Crippen LogP contribution in [0.5, 0.6) is 0 Å². The quantitative estimate of drug-likeness (QED) is 0.642. The largest absolute Gasteiger partial charge is 0.378 e. The molecule has 0 aromatic rings. The minimum Gasteiger partial charge on any atom is -0.378 e. The van der Waals surface area contributed by atoms with Crippen molar-refractivity contribution in [2.45, 2.75) is 64.4 Å². The minimum absolute atomic E-state index is 0.561. The fourth-order valence-corrected chi connectivity index (χ4v) is 2.52. The van der Waals surface area contributed by atoms with Crippen LogP contribution in [0.15, 0.2) is 0 Å². The number of hydrogen-bond acceptors (Lipinski definition) is 2. The standard InChI is InChI=1S/C14H29NO/c1-13-9-5-6-10-14(13)16-12-8-4-3-7-11-15-2/h13-15H,3-12H2,1-2H3. The maximum absolute atomic E-state index is 5.99. The first-order chi connectivity index (χ1) is 7.84. The molecule has 0 aliphatic heterocycles. The lowest BCUT2D eigenvalue weighted by Crippen LogP contribution is -2.25. The zero-order valence-electron chi connectivity index (χ0n) is 11.1. The second-order valence-electron chi connectivity index (χ2n) is 5.19. The molecule has 2 nitrogen and oxygen atoms in total. The van der Waals surface area contributed by atoms with Crippen LogP contribution < -0.4 is 5.32 Å². The fraction of sp³-hybridized carbons (Fsp3) is 1.00. The van der Waals surface area contributed by atoms with Crippen LogP contribution in [0.3, 0.4) is 0 Å². The summed E-state index contributed by atoms with van der Waals surface area (Å²) in [4.78, 5) is 0. The molecule has 0 amide bonds. The average molecular weight is 227 g/mol. The number of unbranched alkanes of at least 4 members (excludes halogenated alkanes) is 3. The molecule has 1 fully saturated rings. The Hall–Kier alpha value is -0.0800. The molecule has 1 rings (SSSR count). The maximum Gasteiger partial charge on any atom is 0.0600 e. The van der Waals surface area contributed by atoms with E-state index in [0.717, 1.165) is 19.1 Å². The summed E-state index contributed by atoms with van der Waals surface area (Å²) in [7, 11) is 2.02. The van der Waals surface area contributed by atoms with Crippen molar-refractivity contribution in [2.75, 3.05) is 20.2 Å². The van der Waals surface area contributed by atoms with E-state index >= 15 is 0 Å². The van der Waals surface area contributed by atoms with Gasteiger partial charge in [0, 0.05) is 6.61 Å². The van der Waals surface area contributed by atoms with Crippen molar-refractivity contribution in [1.29, 1.82) is 0 Å². The van der Waals surface area contributed by atoms with Gasteiger partial charge in [-0.05, 0) is 45.2 Å². The molecule has 1 saturated carbocycles. The van der Waals surface area contributed by atoms with E-state index < -0.39 is 0 Å². The first-order valence-corrected chi connectivity index (χ1v) is 7.11. The van der Waals surface area contributed by atoms with Crippen LogP contribution in [0, 0.1) is 5.92 Å². The topological polar surface area (TPSA) is 21.3 Å². The molecule has 0 bridgehead atoms. The van der Waals surface area contributed by atoms with Crippen molar-refractivity contribution in [3.05, 3.63) is 0 Å². The van der Waals surface area contributed by atoms with E-state index in [1.807, 2.05) is 7.05 Å². The van der Waals surface area contributed by atoms with E-state index in [1.165, 1.54) is 51.4 Å². The van der Waals surface area contributed by atoms with E-state index in [0.29, 0.717) is 6.10 Å². The second-order valence-corrected chi connectivity index (χ2v) is 5.19. The minimum atomic E-state index is 0.561. The molecule has 2 atom stereocenters. The molecule has 0 aromatic heterocycles. The molecule has 0 spiro atoms. The van der Waals surface area contributed by atoms with Crippen molar-refractivity contribution in [1.82, 2.24) is 5.32 Å². The molecule has 2 heteroatoms. The molecule has 0 radical (unpaired) electrons. The van der Waals surface area contributed by atoms with Crippen LogP contribution >= 0.6 is 0 Å². The molecule has 0 saturated heterocycles. The molecule has 0 heterocycles. The van der Waals surface area contributed by atoms with Gasteiger partial charge in [0.05, 0.1) is 6.10 Å². The van der Waals surface area contributed by atoms with E-state index in [9.17, 15) is 0 Å². The lowest BCUT2D eigenvalue weighted by atomic mass is 9.88. The highest BCUT2D eigenvalue weighted by Crippen LogP contribution is 2.26. The first kappa shape index (κ1) is 14.0. The summed E-state index contributed by atoms with van der Waals surface area (Å²) in [5.41, 5.74) is 0. The molecule has 0 aromatic carbocycles. The Morgan fingerprint density at radius 1 is 1.06 bits per heavy atom. The van der Waals surface area contributed by atoms with Crippen LogP contribution in [-0.2, 0) is 4.74 Å². The summed E-state index contributed by atoms with van der Waals surface area (Å²) < 4.78 is 5.99. The van der Waals surface area contributed by atoms with Gasteiger partial charge >= 0.3 is 0 Å². The Bertz CT molecular complexity index is 161. The van der Waals surface area contributed by atoms with Gasteiger partial charge in [-0.25, -0.2) is 0 Å². The number of rotatable bonds is 8. The Balaban J connectivity index is 1.90.